The van der Waals surface area contributed by atoms with E-state index in [0.29, 0.717) is 13.0 Å². The molecule has 0 aliphatic carbocycles. The first kappa shape index (κ1) is 22.7. The summed E-state index contributed by atoms with van der Waals surface area (Å²) in [4.78, 5) is 34.4. The molecule has 0 saturated carbocycles. The highest BCUT2D eigenvalue weighted by Gasteiger charge is 2.30. The standard InChI is InChI=1S/C17H22FN3O7S/c1-2-5-19-17(24)20-15(22)11-28-16(23)12-3-4-13(18)14(10-12)29(25,26)21-6-8-27-9-7-21/h3-4,10H,2,5-9,11H2,1H3,(H2,19,20,22,24). The second-order valence-electron chi connectivity index (χ2n) is 6.04. The van der Waals surface area contributed by atoms with E-state index in [1.807, 2.05) is 12.2 Å². The maximum absolute atomic E-state index is 14.1. The minimum absolute atomic E-state index is 0.0662. The zero-order chi connectivity index (χ0) is 21.4. The Balaban J connectivity index is 2.03. The van der Waals surface area contributed by atoms with E-state index in [1.54, 1.807) is 0 Å². The fourth-order valence-corrected chi connectivity index (χ4v) is 3.91. The van der Waals surface area contributed by atoms with Gasteiger partial charge in [0.25, 0.3) is 5.91 Å². The van der Waals surface area contributed by atoms with Crippen molar-refractivity contribution in [1.82, 2.24) is 14.9 Å². The van der Waals surface area contributed by atoms with Crippen molar-refractivity contribution in [3.05, 3.63) is 29.6 Å². The molecule has 2 rings (SSSR count). The Hall–Kier alpha value is -2.57. The Morgan fingerprint density at radius 1 is 1.24 bits per heavy atom. The van der Waals surface area contributed by atoms with Crippen LogP contribution in [0.25, 0.3) is 0 Å². The monoisotopic (exact) mass is 431 g/mol. The quantitative estimate of drug-likeness (QED) is 0.591. The molecule has 12 heteroatoms. The highest BCUT2D eigenvalue weighted by Crippen LogP contribution is 2.22. The summed E-state index contributed by atoms with van der Waals surface area (Å²) in [5, 5.41) is 4.38. The van der Waals surface area contributed by atoms with Gasteiger partial charge in [0.15, 0.2) is 6.61 Å². The molecule has 10 nitrogen and oxygen atoms in total. The van der Waals surface area contributed by atoms with E-state index >= 15 is 0 Å². The van der Waals surface area contributed by atoms with E-state index in [2.05, 4.69) is 5.32 Å². The molecule has 0 aromatic heterocycles. The number of urea groups is 1. The fourth-order valence-electron chi connectivity index (χ4n) is 2.41. The van der Waals surface area contributed by atoms with Crippen LogP contribution in [0, 0.1) is 5.82 Å². The van der Waals surface area contributed by atoms with Gasteiger partial charge in [-0.2, -0.15) is 4.31 Å². The molecule has 160 valence electrons. The normalized spacial score (nSPS) is 14.8. The van der Waals surface area contributed by atoms with E-state index in [0.717, 1.165) is 22.5 Å². The number of nitrogens with zero attached hydrogens (tertiary/aromatic N) is 1. The number of benzene rings is 1. The zero-order valence-corrected chi connectivity index (χ0v) is 16.6. The molecule has 3 amide bonds. The van der Waals surface area contributed by atoms with Gasteiger partial charge in [0, 0.05) is 19.6 Å². The summed E-state index contributed by atoms with van der Waals surface area (Å²) in [6.45, 7) is 1.94. The Morgan fingerprint density at radius 2 is 1.93 bits per heavy atom. The number of nitrogens with one attached hydrogen (secondary N) is 2. The number of hydrogen-bond acceptors (Lipinski definition) is 7. The number of carbonyl (C=O) groups excluding carboxylic acids is 3. The van der Waals surface area contributed by atoms with Crippen molar-refractivity contribution in [2.24, 2.45) is 0 Å². The van der Waals surface area contributed by atoms with Gasteiger partial charge in [-0.15, -0.1) is 0 Å². The van der Waals surface area contributed by atoms with Crippen LogP contribution in [0.2, 0.25) is 0 Å². The molecule has 1 saturated heterocycles. The van der Waals surface area contributed by atoms with E-state index in [1.165, 1.54) is 0 Å². The van der Waals surface area contributed by atoms with Crippen LogP contribution in [0.3, 0.4) is 0 Å². The van der Waals surface area contributed by atoms with Crippen LogP contribution in [0.1, 0.15) is 23.7 Å². The summed E-state index contributed by atoms with van der Waals surface area (Å²) in [6.07, 6.45) is 0.677. The number of sulfonamides is 1. The lowest BCUT2D eigenvalue weighted by Gasteiger charge is -2.26. The molecule has 1 aliphatic rings. The molecule has 1 fully saturated rings. The van der Waals surface area contributed by atoms with E-state index in [4.69, 9.17) is 9.47 Å². The van der Waals surface area contributed by atoms with Crippen LogP contribution in [-0.4, -0.2) is 70.1 Å². The minimum Gasteiger partial charge on any atom is -0.452 e. The van der Waals surface area contributed by atoms with Crippen molar-refractivity contribution in [3.63, 3.8) is 0 Å². The number of ether oxygens (including phenoxy) is 2. The lowest BCUT2D eigenvalue weighted by atomic mass is 10.2. The molecule has 1 aromatic rings. The second kappa shape index (κ2) is 10.3. The van der Waals surface area contributed by atoms with Gasteiger partial charge in [-0.05, 0) is 24.6 Å². The van der Waals surface area contributed by atoms with Gasteiger partial charge in [0.1, 0.15) is 10.7 Å². The number of rotatable bonds is 7. The van der Waals surface area contributed by atoms with Crippen LogP contribution in [0.15, 0.2) is 23.1 Å². The summed E-state index contributed by atoms with van der Waals surface area (Å²) in [5.74, 6) is -2.92. The van der Waals surface area contributed by atoms with Crippen LogP contribution in [-0.2, 0) is 24.3 Å². The Labute approximate surface area is 167 Å². The van der Waals surface area contributed by atoms with Gasteiger partial charge in [-0.25, -0.2) is 22.4 Å². The molecule has 29 heavy (non-hydrogen) atoms. The molecule has 0 unspecified atom stereocenters. The molecule has 1 heterocycles. The lowest BCUT2D eigenvalue weighted by molar-refractivity contribution is -0.123. The minimum atomic E-state index is -4.17. The van der Waals surface area contributed by atoms with Crippen molar-refractivity contribution in [2.45, 2.75) is 18.2 Å². The molecule has 1 aliphatic heterocycles. The van der Waals surface area contributed by atoms with Crippen molar-refractivity contribution in [3.8, 4) is 0 Å². The molecule has 0 atom stereocenters. The third-order valence-corrected chi connectivity index (χ3v) is 5.79. The first-order valence-corrected chi connectivity index (χ1v) is 10.3. The lowest BCUT2D eigenvalue weighted by Crippen LogP contribution is -2.41. The van der Waals surface area contributed by atoms with E-state index in [9.17, 15) is 27.2 Å². The first-order chi connectivity index (χ1) is 13.8. The largest absolute Gasteiger partial charge is 0.452 e. The summed E-state index contributed by atoms with van der Waals surface area (Å²) in [7, 11) is -4.17. The topological polar surface area (TPSA) is 131 Å². The van der Waals surface area contributed by atoms with Crippen LogP contribution in [0.4, 0.5) is 9.18 Å². The Kier molecular flexibility index (Phi) is 8.05. The maximum atomic E-state index is 14.1. The van der Waals surface area contributed by atoms with Crippen molar-refractivity contribution in [2.75, 3.05) is 39.5 Å². The number of amides is 3. The smallest absolute Gasteiger partial charge is 0.338 e. The number of hydrogen-bond donors (Lipinski definition) is 2. The third-order valence-electron chi connectivity index (χ3n) is 3.88. The maximum Gasteiger partial charge on any atom is 0.338 e. The van der Waals surface area contributed by atoms with Gasteiger partial charge in [0.2, 0.25) is 10.0 Å². The summed E-state index contributed by atoms with van der Waals surface area (Å²) in [6, 6.07) is 2.01. The average Bonchev–Trinajstić information content (AvgIpc) is 2.71. The zero-order valence-electron chi connectivity index (χ0n) is 15.8. The van der Waals surface area contributed by atoms with Gasteiger partial charge in [0.05, 0.1) is 18.8 Å². The van der Waals surface area contributed by atoms with Gasteiger partial charge < -0.3 is 14.8 Å². The highest BCUT2D eigenvalue weighted by molar-refractivity contribution is 7.89. The number of imide groups is 1. The predicted octanol–water partition coefficient (Wildman–Crippen LogP) is 0.239. The van der Waals surface area contributed by atoms with Crippen LogP contribution >= 0.6 is 0 Å². The highest BCUT2D eigenvalue weighted by atomic mass is 32.2. The number of esters is 1. The molecule has 0 spiro atoms. The van der Waals surface area contributed by atoms with Gasteiger partial charge >= 0.3 is 12.0 Å². The average molecular weight is 431 g/mol. The Bertz CT molecular complexity index is 870. The molecular weight excluding hydrogens is 409 g/mol. The first-order valence-electron chi connectivity index (χ1n) is 8.88. The van der Waals surface area contributed by atoms with Gasteiger partial charge in [-0.1, -0.05) is 6.92 Å². The van der Waals surface area contributed by atoms with Crippen LogP contribution < -0.4 is 10.6 Å². The van der Waals surface area contributed by atoms with E-state index in [-0.39, 0.29) is 31.9 Å². The van der Waals surface area contributed by atoms with Crippen molar-refractivity contribution in [1.29, 1.82) is 0 Å². The third kappa shape index (κ3) is 6.21. The van der Waals surface area contributed by atoms with Crippen molar-refractivity contribution < 1.29 is 36.7 Å². The summed E-state index contributed by atoms with van der Waals surface area (Å²) >= 11 is 0. The molecule has 0 bridgehead atoms. The molecule has 1 aromatic carbocycles. The summed E-state index contributed by atoms with van der Waals surface area (Å²) < 4.78 is 50.3. The predicted molar refractivity (Wildman–Crippen MR) is 98.1 cm³/mol. The van der Waals surface area contributed by atoms with Gasteiger partial charge in [-0.3, -0.25) is 10.1 Å². The van der Waals surface area contributed by atoms with Crippen molar-refractivity contribution >= 4 is 27.9 Å². The molecule has 2 N–H and O–H groups in total. The number of halogens is 1. The van der Waals surface area contributed by atoms with E-state index < -0.39 is 45.3 Å². The fraction of sp³-hybridized carbons (Fsp3) is 0.471. The van der Waals surface area contributed by atoms with Crippen LogP contribution in [0.5, 0.6) is 0 Å². The number of carbonyl (C=O) groups is 3. The second-order valence-corrected chi connectivity index (χ2v) is 7.95. The molecule has 0 radical (unpaired) electrons. The number of morpholine rings is 1. The molecular formula is C17H22FN3O7S. The SMILES string of the molecule is CCCNC(=O)NC(=O)COC(=O)c1ccc(F)c(S(=O)(=O)N2CCOCC2)c1. The Morgan fingerprint density at radius 3 is 2.59 bits per heavy atom. The summed E-state index contributed by atoms with van der Waals surface area (Å²) in [5.41, 5.74) is -0.249.